The molecule has 0 aliphatic heterocycles. The van der Waals surface area contributed by atoms with Crippen LogP contribution in [-0.4, -0.2) is 10.1 Å². The zero-order chi connectivity index (χ0) is 12.1. The van der Waals surface area contributed by atoms with E-state index >= 15 is 0 Å². The Morgan fingerprint density at radius 1 is 1.18 bits per heavy atom. The number of pyridine rings is 1. The van der Waals surface area contributed by atoms with E-state index in [0.29, 0.717) is 12.8 Å². The third-order valence-corrected chi connectivity index (χ3v) is 2.61. The lowest BCUT2D eigenvalue weighted by molar-refractivity contribution is 0.477. The van der Waals surface area contributed by atoms with E-state index in [9.17, 15) is 5.11 Å². The van der Waals surface area contributed by atoms with Crippen LogP contribution in [0.15, 0.2) is 42.7 Å². The van der Waals surface area contributed by atoms with Gasteiger partial charge < -0.3 is 5.11 Å². The molecule has 17 heavy (non-hydrogen) atoms. The minimum atomic E-state index is 0.235. The van der Waals surface area contributed by atoms with Gasteiger partial charge >= 0.3 is 0 Å². The molecule has 2 rings (SSSR count). The Bertz CT molecular complexity index is 558. The van der Waals surface area contributed by atoms with Crippen molar-refractivity contribution in [3.8, 4) is 22.9 Å². The zero-order valence-corrected chi connectivity index (χ0v) is 9.30. The van der Waals surface area contributed by atoms with Crippen molar-refractivity contribution in [2.24, 2.45) is 0 Å². The molecule has 0 amide bonds. The first-order chi connectivity index (χ1) is 8.33. The molecular weight excluding hydrogens is 212 g/mol. The van der Waals surface area contributed by atoms with Gasteiger partial charge in [-0.2, -0.15) is 5.26 Å². The van der Waals surface area contributed by atoms with Crippen molar-refractivity contribution >= 4 is 0 Å². The first-order valence-corrected chi connectivity index (χ1v) is 5.41. The number of aryl methyl sites for hydroxylation is 1. The molecule has 0 saturated carbocycles. The smallest absolute Gasteiger partial charge is 0.123 e. The number of para-hydroxylation sites is 1. The number of hydrogen-bond acceptors (Lipinski definition) is 3. The van der Waals surface area contributed by atoms with Crippen molar-refractivity contribution in [1.82, 2.24) is 4.98 Å². The van der Waals surface area contributed by atoms with Crippen molar-refractivity contribution in [3.63, 3.8) is 0 Å². The van der Waals surface area contributed by atoms with Crippen LogP contribution in [0.25, 0.3) is 11.1 Å². The van der Waals surface area contributed by atoms with E-state index in [2.05, 4.69) is 11.1 Å². The third-order valence-electron chi connectivity index (χ3n) is 2.61. The SMILES string of the molecule is N#CCCc1ccncc1-c1ccccc1O. The molecular formula is C14H12N2O. The lowest BCUT2D eigenvalue weighted by Crippen LogP contribution is -1.91. The van der Waals surface area contributed by atoms with Crippen LogP contribution in [0.3, 0.4) is 0 Å². The number of aromatic hydroxyl groups is 1. The van der Waals surface area contributed by atoms with Crippen molar-refractivity contribution in [1.29, 1.82) is 5.26 Å². The molecule has 1 heterocycles. The van der Waals surface area contributed by atoms with Gasteiger partial charge in [0.25, 0.3) is 0 Å². The maximum Gasteiger partial charge on any atom is 0.123 e. The van der Waals surface area contributed by atoms with Crippen molar-refractivity contribution < 1.29 is 5.11 Å². The van der Waals surface area contributed by atoms with Gasteiger partial charge in [0.2, 0.25) is 0 Å². The van der Waals surface area contributed by atoms with Gasteiger partial charge in [0.1, 0.15) is 5.75 Å². The van der Waals surface area contributed by atoms with Gasteiger partial charge in [0, 0.05) is 29.9 Å². The topological polar surface area (TPSA) is 56.9 Å². The molecule has 0 spiro atoms. The number of phenolic OH excluding ortho intramolecular Hbond substituents is 1. The predicted octanol–water partition coefficient (Wildman–Crippen LogP) is 2.91. The highest BCUT2D eigenvalue weighted by molar-refractivity contribution is 5.72. The fourth-order valence-corrected chi connectivity index (χ4v) is 1.78. The summed E-state index contributed by atoms with van der Waals surface area (Å²) in [5, 5.41) is 18.4. The van der Waals surface area contributed by atoms with Crippen molar-refractivity contribution in [2.45, 2.75) is 12.8 Å². The predicted molar refractivity (Wildman–Crippen MR) is 65.3 cm³/mol. The van der Waals surface area contributed by atoms with E-state index in [1.54, 1.807) is 24.5 Å². The van der Waals surface area contributed by atoms with Crippen LogP contribution >= 0.6 is 0 Å². The molecule has 0 atom stereocenters. The van der Waals surface area contributed by atoms with Crippen LogP contribution in [0.5, 0.6) is 5.75 Å². The summed E-state index contributed by atoms with van der Waals surface area (Å²) >= 11 is 0. The summed E-state index contributed by atoms with van der Waals surface area (Å²) < 4.78 is 0. The van der Waals surface area contributed by atoms with Gasteiger partial charge in [-0.05, 0) is 24.1 Å². The number of phenols is 1. The van der Waals surface area contributed by atoms with Crippen LogP contribution in [0.4, 0.5) is 0 Å². The Morgan fingerprint density at radius 2 is 2.00 bits per heavy atom. The summed E-state index contributed by atoms with van der Waals surface area (Å²) in [6, 6.07) is 11.2. The first-order valence-electron chi connectivity index (χ1n) is 5.41. The van der Waals surface area contributed by atoms with Crippen molar-refractivity contribution in [2.75, 3.05) is 0 Å². The highest BCUT2D eigenvalue weighted by atomic mass is 16.3. The van der Waals surface area contributed by atoms with E-state index in [1.165, 1.54) is 0 Å². The Balaban J connectivity index is 2.45. The normalized spacial score (nSPS) is 9.82. The monoisotopic (exact) mass is 224 g/mol. The van der Waals surface area contributed by atoms with E-state index in [4.69, 9.17) is 5.26 Å². The average Bonchev–Trinajstić information content (AvgIpc) is 2.37. The van der Waals surface area contributed by atoms with Crippen molar-refractivity contribution in [3.05, 3.63) is 48.3 Å². The lowest BCUT2D eigenvalue weighted by atomic mass is 9.98. The molecule has 0 unspecified atom stereocenters. The van der Waals surface area contributed by atoms with Gasteiger partial charge in [-0.3, -0.25) is 4.98 Å². The second-order valence-corrected chi connectivity index (χ2v) is 3.71. The second kappa shape index (κ2) is 5.13. The van der Waals surface area contributed by atoms with Crippen LogP contribution in [0, 0.1) is 11.3 Å². The fraction of sp³-hybridized carbons (Fsp3) is 0.143. The molecule has 0 saturated heterocycles. The molecule has 0 fully saturated rings. The number of aromatic nitrogens is 1. The highest BCUT2D eigenvalue weighted by Crippen LogP contribution is 2.31. The van der Waals surface area contributed by atoms with Gasteiger partial charge in [0.15, 0.2) is 0 Å². The lowest BCUT2D eigenvalue weighted by Gasteiger charge is -2.09. The molecule has 0 aliphatic carbocycles. The maximum atomic E-state index is 9.82. The van der Waals surface area contributed by atoms with Gasteiger partial charge in [-0.25, -0.2) is 0 Å². The molecule has 0 radical (unpaired) electrons. The molecule has 0 bridgehead atoms. The van der Waals surface area contributed by atoms with E-state index in [0.717, 1.165) is 16.7 Å². The van der Waals surface area contributed by atoms with Crippen LogP contribution in [0.1, 0.15) is 12.0 Å². The molecule has 1 aromatic carbocycles. The summed E-state index contributed by atoms with van der Waals surface area (Å²) in [5.74, 6) is 0.235. The van der Waals surface area contributed by atoms with E-state index < -0.39 is 0 Å². The van der Waals surface area contributed by atoms with Gasteiger partial charge in [-0.1, -0.05) is 18.2 Å². The molecule has 1 N–H and O–H groups in total. The largest absolute Gasteiger partial charge is 0.507 e. The summed E-state index contributed by atoms with van der Waals surface area (Å²) in [7, 11) is 0. The number of nitrogens with zero attached hydrogens (tertiary/aromatic N) is 2. The number of nitriles is 1. The van der Waals surface area contributed by atoms with Crippen LogP contribution in [0.2, 0.25) is 0 Å². The first kappa shape index (κ1) is 11.2. The minimum Gasteiger partial charge on any atom is -0.507 e. The molecule has 1 aromatic heterocycles. The molecule has 0 aliphatic rings. The molecule has 2 aromatic rings. The molecule has 3 heteroatoms. The summed E-state index contributed by atoms with van der Waals surface area (Å²) in [5.41, 5.74) is 2.68. The quantitative estimate of drug-likeness (QED) is 0.872. The summed E-state index contributed by atoms with van der Waals surface area (Å²) in [6.45, 7) is 0. The Kier molecular flexibility index (Phi) is 3.37. The van der Waals surface area contributed by atoms with E-state index in [1.807, 2.05) is 18.2 Å². The van der Waals surface area contributed by atoms with Crippen LogP contribution < -0.4 is 0 Å². The number of benzene rings is 1. The molecule has 3 nitrogen and oxygen atoms in total. The minimum absolute atomic E-state index is 0.235. The number of hydrogen-bond donors (Lipinski definition) is 1. The highest BCUT2D eigenvalue weighted by Gasteiger charge is 2.08. The average molecular weight is 224 g/mol. The fourth-order valence-electron chi connectivity index (χ4n) is 1.78. The van der Waals surface area contributed by atoms with E-state index in [-0.39, 0.29) is 5.75 Å². The standard InChI is InChI=1S/C14H12N2O/c15-8-3-4-11-7-9-16-10-13(11)12-5-1-2-6-14(12)17/h1-2,5-7,9-10,17H,3-4H2. The van der Waals surface area contributed by atoms with Gasteiger partial charge in [-0.15, -0.1) is 0 Å². The van der Waals surface area contributed by atoms with Gasteiger partial charge in [0.05, 0.1) is 6.07 Å². The Morgan fingerprint density at radius 3 is 2.76 bits per heavy atom. The maximum absolute atomic E-state index is 9.82. The summed E-state index contributed by atoms with van der Waals surface area (Å²) in [4.78, 5) is 4.08. The number of rotatable bonds is 3. The summed E-state index contributed by atoms with van der Waals surface area (Å²) in [6.07, 6.45) is 4.56. The van der Waals surface area contributed by atoms with Crippen LogP contribution in [-0.2, 0) is 6.42 Å². The second-order valence-electron chi connectivity index (χ2n) is 3.71. The molecule has 84 valence electrons. The Hall–Kier alpha value is -2.34. The third kappa shape index (κ3) is 2.43. The Labute approximate surface area is 100.0 Å². The zero-order valence-electron chi connectivity index (χ0n) is 9.30.